The zero-order chi connectivity index (χ0) is 10.3. The Hall–Kier alpha value is -0.600. The standard InChI is InChI=1S/C11H12ClFO/c1-7-3-4-8(13)9(10(7)12)11(14-2)5-6-11/h3-4H,5-6H2,1-2H3. The molecule has 1 aliphatic rings. The Bertz CT molecular complexity index is 372. The zero-order valence-electron chi connectivity index (χ0n) is 8.23. The lowest BCUT2D eigenvalue weighted by molar-refractivity contribution is 0.0757. The second-order valence-electron chi connectivity index (χ2n) is 3.75. The summed E-state index contributed by atoms with van der Waals surface area (Å²) in [5.41, 5.74) is 0.973. The first-order valence-corrected chi connectivity index (χ1v) is 4.99. The molecule has 0 saturated heterocycles. The van der Waals surface area contributed by atoms with Crippen LogP contribution < -0.4 is 0 Å². The minimum absolute atomic E-state index is 0.264. The van der Waals surface area contributed by atoms with E-state index in [-0.39, 0.29) is 5.82 Å². The number of benzene rings is 1. The Balaban J connectivity index is 2.57. The van der Waals surface area contributed by atoms with Crippen molar-refractivity contribution in [2.45, 2.75) is 25.4 Å². The Morgan fingerprint density at radius 2 is 2.07 bits per heavy atom. The molecule has 0 atom stereocenters. The molecule has 0 radical (unpaired) electrons. The van der Waals surface area contributed by atoms with Gasteiger partial charge in [-0.05, 0) is 31.4 Å². The number of rotatable bonds is 2. The maximum absolute atomic E-state index is 13.6. The van der Waals surface area contributed by atoms with E-state index < -0.39 is 5.60 Å². The van der Waals surface area contributed by atoms with E-state index in [1.165, 1.54) is 6.07 Å². The van der Waals surface area contributed by atoms with Crippen LogP contribution in [0, 0.1) is 12.7 Å². The lowest BCUT2D eigenvalue weighted by Gasteiger charge is -2.17. The first-order valence-electron chi connectivity index (χ1n) is 4.61. The third-order valence-electron chi connectivity index (χ3n) is 2.83. The topological polar surface area (TPSA) is 9.23 Å². The summed E-state index contributed by atoms with van der Waals surface area (Å²) in [6.07, 6.45) is 1.70. The third-order valence-corrected chi connectivity index (χ3v) is 3.32. The Kier molecular flexibility index (Phi) is 2.28. The van der Waals surface area contributed by atoms with Crippen molar-refractivity contribution in [2.75, 3.05) is 7.11 Å². The van der Waals surface area contributed by atoms with Crippen molar-refractivity contribution in [1.29, 1.82) is 0 Å². The summed E-state index contributed by atoms with van der Waals surface area (Å²) in [5.74, 6) is -0.264. The first kappa shape index (κ1) is 9.94. The van der Waals surface area contributed by atoms with E-state index in [4.69, 9.17) is 16.3 Å². The van der Waals surface area contributed by atoms with Gasteiger partial charge in [-0.25, -0.2) is 4.39 Å². The highest BCUT2D eigenvalue weighted by molar-refractivity contribution is 6.32. The molecule has 1 fully saturated rings. The predicted molar refractivity (Wildman–Crippen MR) is 54.1 cm³/mol. The molecule has 2 rings (SSSR count). The van der Waals surface area contributed by atoms with Crippen LogP contribution in [0.3, 0.4) is 0 Å². The molecule has 1 saturated carbocycles. The predicted octanol–water partition coefficient (Wildman–Crippen LogP) is 3.42. The average Bonchev–Trinajstić information content (AvgIpc) is 2.93. The fourth-order valence-electron chi connectivity index (χ4n) is 1.74. The quantitative estimate of drug-likeness (QED) is 0.733. The lowest BCUT2D eigenvalue weighted by Crippen LogP contribution is -2.12. The molecule has 0 spiro atoms. The van der Waals surface area contributed by atoms with Crippen molar-refractivity contribution in [3.8, 4) is 0 Å². The number of hydrogen-bond donors (Lipinski definition) is 0. The Morgan fingerprint density at radius 3 is 2.57 bits per heavy atom. The molecule has 0 heterocycles. The first-order chi connectivity index (χ1) is 6.60. The lowest BCUT2D eigenvalue weighted by atomic mass is 10.0. The van der Waals surface area contributed by atoms with Crippen LogP contribution in [-0.4, -0.2) is 7.11 Å². The van der Waals surface area contributed by atoms with E-state index in [0.717, 1.165) is 18.4 Å². The number of halogens is 2. The summed E-state index contributed by atoms with van der Waals surface area (Å²) in [7, 11) is 1.60. The van der Waals surface area contributed by atoms with E-state index in [1.54, 1.807) is 13.2 Å². The maximum atomic E-state index is 13.6. The second-order valence-corrected chi connectivity index (χ2v) is 4.13. The summed E-state index contributed by atoms with van der Waals surface area (Å²) in [6.45, 7) is 1.87. The highest BCUT2D eigenvalue weighted by atomic mass is 35.5. The second kappa shape index (κ2) is 3.21. The van der Waals surface area contributed by atoms with Crippen LogP contribution in [0.5, 0.6) is 0 Å². The molecule has 1 nitrogen and oxygen atoms in total. The van der Waals surface area contributed by atoms with Crippen LogP contribution in [0.25, 0.3) is 0 Å². The van der Waals surface area contributed by atoms with Crippen molar-refractivity contribution in [3.63, 3.8) is 0 Å². The fourth-order valence-corrected chi connectivity index (χ4v) is 2.07. The molecule has 3 heteroatoms. The van der Waals surface area contributed by atoms with Gasteiger partial charge in [-0.2, -0.15) is 0 Å². The molecule has 14 heavy (non-hydrogen) atoms. The van der Waals surface area contributed by atoms with Crippen LogP contribution in [0.1, 0.15) is 24.0 Å². The molecule has 0 amide bonds. The summed E-state index contributed by atoms with van der Waals surface area (Å²) >= 11 is 6.08. The van der Waals surface area contributed by atoms with Crippen molar-refractivity contribution < 1.29 is 9.13 Å². The summed E-state index contributed by atoms with van der Waals surface area (Å²) in [6, 6.07) is 3.14. The number of methoxy groups -OCH3 is 1. The van der Waals surface area contributed by atoms with Crippen LogP contribution in [0.2, 0.25) is 5.02 Å². The van der Waals surface area contributed by atoms with Crippen LogP contribution >= 0.6 is 11.6 Å². The Morgan fingerprint density at radius 1 is 1.43 bits per heavy atom. The van der Waals surface area contributed by atoms with Gasteiger partial charge < -0.3 is 4.74 Å². The van der Waals surface area contributed by atoms with Gasteiger partial charge in [-0.1, -0.05) is 17.7 Å². The van der Waals surface area contributed by atoms with Crippen molar-refractivity contribution in [3.05, 3.63) is 34.1 Å². The van der Waals surface area contributed by atoms with Gasteiger partial charge in [0.1, 0.15) is 5.82 Å². The van der Waals surface area contributed by atoms with Gasteiger partial charge >= 0.3 is 0 Å². The molecule has 0 bridgehead atoms. The Labute approximate surface area is 87.8 Å². The van der Waals surface area contributed by atoms with E-state index in [0.29, 0.717) is 10.6 Å². The monoisotopic (exact) mass is 214 g/mol. The molecule has 76 valence electrons. The molecule has 0 aromatic heterocycles. The average molecular weight is 215 g/mol. The minimum Gasteiger partial charge on any atom is -0.373 e. The normalized spacial score (nSPS) is 18.3. The number of hydrogen-bond acceptors (Lipinski definition) is 1. The maximum Gasteiger partial charge on any atom is 0.130 e. The molecule has 1 aromatic carbocycles. The minimum atomic E-state index is -0.451. The fraction of sp³-hybridized carbons (Fsp3) is 0.455. The van der Waals surface area contributed by atoms with Crippen molar-refractivity contribution in [2.24, 2.45) is 0 Å². The molecular weight excluding hydrogens is 203 g/mol. The van der Waals surface area contributed by atoms with Gasteiger partial charge in [0.2, 0.25) is 0 Å². The zero-order valence-corrected chi connectivity index (χ0v) is 8.99. The molecule has 0 N–H and O–H groups in total. The smallest absolute Gasteiger partial charge is 0.130 e. The number of aryl methyl sites for hydroxylation is 1. The highest BCUT2D eigenvalue weighted by Crippen LogP contribution is 2.52. The van der Waals surface area contributed by atoms with Gasteiger partial charge in [0, 0.05) is 12.7 Å². The molecular formula is C11H12ClFO. The molecule has 0 unspecified atom stereocenters. The van der Waals surface area contributed by atoms with Gasteiger partial charge in [0.15, 0.2) is 0 Å². The highest BCUT2D eigenvalue weighted by Gasteiger charge is 2.48. The van der Waals surface area contributed by atoms with Crippen molar-refractivity contribution in [1.82, 2.24) is 0 Å². The molecule has 0 aliphatic heterocycles. The summed E-state index contributed by atoms with van der Waals surface area (Å²) in [4.78, 5) is 0. The largest absolute Gasteiger partial charge is 0.373 e. The third kappa shape index (κ3) is 1.33. The van der Waals surface area contributed by atoms with Crippen LogP contribution in [0.4, 0.5) is 4.39 Å². The van der Waals surface area contributed by atoms with Crippen molar-refractivity contribution >= 4 is 11.6 Å². The van der Waals surface area contributed by atoms with Crippen LogP contribution in [-0.2, 0) is 10.3 Å². The summed E-state index contributed by atoms with van der Waals surface area (Å²) in [5, 5.41) is 0.504. The van der Waals surface area contributed by atoms with Gasteiger partial charge in [-0.3, -0.25) is 0 Å². The van der Waals surface area contributed by atoms with Gasteiger partial charge in [0.05, 0.1) is 10.6 Å². The van der Waals surface area contributed by atoms with E-state index in [1.807, 2.05) is 6.92 Å². The van der Waals surface area contributed by atoms with Crippen LogP contribution in [0.15, 0.2) is 12.1 Å². The molecule has 1 aliphatic carbocycles. The van der Waals surface area contributed by atoms with E-state index in [2.05, 4.69) is 0 Å². The number of ether oxygens (including phenoxy) is 1. The van der Waals surface area contributed by atoms with Gasteiger partial charge in [0.25, 0.3) is 0 Å². The van der Waals surface area contributed by atoms with Gasteiger partial charge in [-0.15, -0.1) is 0 Å². The van der Waals surface area contributed by atoms with E-state index >= 15 is 0 Å². The SMILES string of the molecule is COC1(c2c(F)ccc(C)c2Cl)CC1. The van der Waals surface area contributed by atoms with E-state index in [9.17, 15) is 4.39 Å². The molecule has 1 aromatic rings. The summed E-state index contributed by atoms with van der Waals surface area (Å²) < 4.78 is 18.9.